The van der Waals surface area contributed by atoms with Crippen molar-refractivity contribution >= 4 is 5.82 Å². The summed E-state index contributed by atoms with van der Waals surface area (Å²) in [6, 6.07) is 0. The van der Waals surface area contributed by atoms with Crippen molar-refractivity contribution in [2.75, 3.05) is 57.3 Å². The van der Waals surface area contributed by atoms with Crippen molar-refractivity contribution in [1.82, 2.24) is 20.2 Å². The Morgan fingerprint density at radius 1 is 1.04 bits per heavy atom. The van der Waals surface area contributed by atoms with E-state index in [1.165, 1.54) is 43.0 Å². The Kier molecular flexibility index (Phi) is 7.02. The summed E-state index contributed by atoms with van der Waals surface area (Å²) in [5, 5.41) is 3.50. The van der Waals surface area contributed by atoms with Gasteiger partial charge in [-0.05, 0) is 45.8 Å². The average molecular weight is 348 g/mol. The molecular weight excluding hydrogens is 314 g/mol. The Labute approximate surface area is 152 Å². The average Bonchev–Trinajstić information content (AvgIpc) is 3.00. The summed E-state index contributed by atoms with van der Waals surface area (Å²) in [5.41, 5.74) is 2.58. The molecule has 1 N–H and O–H groups in total. The molecule has 6 heteroatoms. The molecule has 0 unspecified atom stereocenters. The van der Waals surface area contributed by atoms with Gasteiger partial charge in [0, 0.05) is 44.8 Å². The lowest BCUT2D eigenvalue weighted by Gasteiger charge is -2.26. The molecule has 1 aromatic heterocycles. The van der Waals surface area contributed by atoms with E-state index < -0.39 is 0 Å². The largest absolute Gasteiger partial charge is 0.374 e. The molecule has 0 aromatic carbocycles. The lowest BCUT2D eigenvalue weighted by atomic mass is 10.1. The lowest BCUT2D eigenvalue weighted by molar-refractivity contribution is 0.128. The van der Waals surface area contributed by atoms with E-state index in [1.807, 2.05) is 6.92 Å². The van der Waals surface area contributed by atoms with Crippen molar-refractivity contribution in [3.63, 3.8) is 0 Å². The predicted molar refractivity (Wildman–Crippen MR) is 101 cm³/mol. The van der Waals surface area contributed by atoms with E-state index in [0.29, 0.717) is 13.2 Å². The summed E-state index contributed by atoms with van der Waals surface area (Å²) in [6.45, 7) is 13.2. The lowest BCUT2D eigenvalue weighted by Crippen LogP contribution is -2.32. The zero-order chi connectivity index (χ0) is 17.5. The van der Waals surface area contributed by atoms with Gasteiger partial charge in [0.1, 0.15) is 12.4 Å². The van der Waals surface area contributed by atoms with Gasteiger partial charge in [-0.1, -0.05) is 6.92 Å². The first-order valence-electron chi connectivity index (χ1n) is 9.96. The predicted octanol–water partition coefficient (Wildman–Crippen LogP) is 1.62. The normalized spacial score (nSPS) is 19.4. The summed E-state index contributed by atoms with van der Waals surface area (Å²) in [5.74, 6) is 2.01. The minimum Gasteiger partial charge on any atom is -0.374 e. The number of ether oxygens (including phenoxy) is 1. The molecule has 0 spiro atoms. The van der Waals surface area contributed by atoms with Gasteiger partial charge in [-0.25, -0.2) is 9.97 Å². The molecule has 1 saturated heterocycles. The second kappa shape index (κ2) is 9.46. The molecule has 3 heterocycles. The third-order valence-electron chi connectivity index (χ3n) is 5.07. The van der Waals surface area contributed by atoms with E-state index in [1.54, 1.807) is 0 Å². The standard InChI is InChI=1S/C19H33N5O/c1-3-10-23-11-5-12-24(14-13-23)19-16-6-8-20-9-7-17(16)21-18(22-19)15-25-4-2/h20H,3-15H2,1-2H3. The number of nitrogens with zero attached hydrogens (tertiary/aromatic N) is 4. The second-order valence-corrected chi connectivity index (χ2v) is 6.96. The third-order valence-corrected chi connectivity index (χ3v) is 5.07. The maximum atomic E-state index is 5.59. The Morgan fingerprint density at radius 3 is 2.76 bits per heavy atom. The molecule has 2 aliphatic rings. The number of nitrogens with one attached hydrogen (secondary N) is 1. The highest BCUT2D eigenvalue weighted by Crippen LogP contribution is 2.25. The van der Waals surface area contributed by atoms with Gasteiger partial charge in [0.25, 0.3) is 0 Å². The molecule has 0 bridgehead atoms. The molecule has 3 rings (SSSR count). The molecule has 6 nitrogen and oxygen atoms in total. The van der Waals surface area contributed by atoms with Crippen LogP contribution in [0.25, 0.3) is 0 Å². The first-order chi connectivity index (χ1) is 12.3. The van der Waals surface area contributed by atoms with E-state index in [-0.39, 0.29) is 0 Å². The Hall–Kier alpha value is -1.24. The highest BCUT2D eigenvalue weighted by atomic mass is 16.5. The highest BCUT2D eigenvalue weighted by molar-refractivity contribution is 5.50. The highest BCUT2D eigenvalue weighted by Gasteiger charge is 2.23. The van der Waals surface area contributed by atoms with E-state index in [9.17, 15) is 0 Å². The van der Waals surface area contributed by atoms with Crippen LogP contribution in [0.1, 0.15) is 43.8 Å². The molecule has 25 heavy (non-hydrogen) atoms. The van der Waals surface area contributed by atoms with Crippen molar-refractivity contribution in [2.24, 2.45) is 0 Å². The van der Waals surface area contributed by atoms with E-state index in [2.05, 4.69) is 22.0 Å². The van der Waals surface area contributed by atoms with Crippen LogP contribution in [0.4, 0.5) is 5.82 Å². The third kappa shape index (κ3) is 4.90. The monoisotopic (exact) mass is 347 g/mol. The summed E-state index contributed by atoms with van der Waals surface area (Å²) in [4.78, 5) is 14.8. The Morgan fingerprint density at radius 2 is 1.92 bits per heavy atom. The zero-order valence-corrected chi connectivity index (χ0v) is 15.9. The molecule has 0 aliphatic carbocycles. The topological polar surface area (TPSA) is 53.5 Å². The Balaban J connectivity index is 1.84. The van der Waals surface area contributed by atoms with Gasteiger partial charge in [-0.15, -0.1) is 0 Å². The fourth-order valence-electron chi connectivity index (χ4n) is 3.82. The zero-order valence-electron chi connectivity index (χ0n) is 15.9. The van der Waals surface area contributed by atoms with Gasteiger partial charge in [0.15, 0.2) is 5.82 Å². The van der Waals surface area contributed by atoms with Gasteiger partial charge < -0.3 is 19.9 Å². The van der Waals surface area contributed by atoms with E-state index >= 15 is 0 Å². The minimum absolute atomic E-state index is 0.514. The summed E-state index contributed by atoms with van der Waals surface area (Å²) < 4.78 is 5.59. The Bertz CT molecular complexity index is 551. The summed E-state index contributed by atoms with van der Waals surface area (Å²) >= 11 is 0. The number of rotatable bonds is 6. The van der Waals surface area contributed by atoms with Crippen LogP contribution < -0.4 is 10.2 Å². The van der Waals surface area contributed by atoms with Crippen molar-refractivity contribution in [2.45, 2.75) is 46.1 Å². The number of fused-ring (bicyclic) bond motifs is 1. The quantitative estimate of drug-likeness (QED) is 0.844. The fraction of sp³-hybridized carbons (Fsp3) is 0.789. The summed E-state index contributed by atoms with van der Waals surface area (Å²) in [6.07, 6.45) is 4.44. The van der Waals surface area contributed by atoms with Crippen molar-refractivity contribution in [3.05, 3.63) is 17.1 Å². The fourth-order valence-corrected chi connectivity index (χ4v) is 3.82. The SMILES string of the molecule is CCCN1CCCN(c2nc(COCC)nc3c2CCNCC3)CC1. The molecule has 0 atom stereocenters. The van der Waals surface area contributed by atoms with Crippen LogP contribution in [-0.4, -0.2) is 67.3 Å². The van der Waals surface area contributed by atoms with Crippen molar-refractivity contribution in [3.8, 4) is 0 Å². The van der Waals surface area contributed by atoms with Crippen LogP contribution in [0.3, 0.4) is 0 Å². The van der Waals surface area contributed by atoms with E-state index in [4.69, 9.17) is 14.7 Å². The smallest absolute Gasteiger partial charge is 0.156 e. The molecular formula is C19H33N5O. The van der Waals surface area contributed by atoms with Gasteiger partial charge in [-0.3, -0.25) is 0 Å². The van der Waals surface area contributed by atoms with Crippen LogP contribution >= 0.6 is 0 Å². The minimum atomic E-state index is 0.514. The first kappa shape index (κ1) is 18.5. The molecule has 0 radical (unpaired) electrons. The summed E-state index contributed by atoms with van der Waals surface area (Å²) in [7, 11) is 0. The number of hydrogen-bond acceptors (Lipinski definition) is 6. The van der Waals surface area contributed by atoms with E-state index in [0.717, 1.165) is 51.4 Å². The molecule has 140 valence electrons. The van der Waals surface area contributed by atoms with Crippen molar-refractivity contribution in [1.29, 1.82) is 0 Å². The molecule has 0 saturated carbocycles. The van der Waals surface area contributed by atoms with Gasteiger partial charge in [0.05, 0.1) is 5.69 Å². The van der Waals surface area contributed by atoms with Crippen LogP contribution in [-0.2, 0) is 24.2 Å². The van der Waals surface area contributed by atoms with Gasteiger partial charge in [0.2, 0.25) is 0 Å². The molecule has 1 aromatic rings. The molecule has 1 fully saturated rings. The molecule has 0 amide bonds. The van der Waals surface area contributed by atoms with Gasteiger partial charge in [-0.2, -0.15) is 0 Å². The number of anilines is 1. The number of hydrogen-bond donors (Lipinski definition) is 1. The van der Waals surface area contributed by atoms with Crippen LogP contribution in [0.15, 0.2) is 0 Å². The maximum Gasteiger partial charge on any atom is 0.156 e. The van der Waals surface area contributed by atoms with Crippen LogP contribution in [0.5, 0.6) is 0 Å². The van der Waals surface area contributed by atoms with Crippen LogP contribution in [0, 0.1) is 0 Å². The number of aromatic nitrogens is 2. The van der Waals surface area contributed by atoms with Gasteiger partial charge >= 0.3 is 0 Å². The second-order valence-electron chi connectivity index (χ2n) is 6.96. The molecule has 2 aliphatic heterocycles. The van der Waals surface area contributed by atoms with Crippen LogP contribution in [0.2, 0.25) is 0 Å². The maximum absolute atomic E-state index is 5.59. The first-order valence-corrected chi connectivity index (χ1v) is 9.96. The van der Waals surface area contributed by atoms with Crippen molar-refractivity contribution < 1.29 is 4.74 Å².